The molecule has 1 heterocycles. The van der Waals surface area contributed by atoms with Crippen molar-refractivity contribution in [1.29, 1.82) is 0 Å². The van der Waals surface area contributed by atoms with Crippen LogP contribution in [-0.4, -0.2) is 48.0 Å². The molecule has 0 unspecified atom stereocenters. The molecule has 0 saturated carbocycles. The van der Waals surface area contributed by atoms with Gasteiger partial charge in [0.1, 0.15) is 0 Å². The van der Waals surface area contributed by atoms with Crippen LogP contribution in [0.1, 0.15) is 23.7 Å². The van der Waals surface area contributed by atoms with Gasteiger partial charge in [0, 0.05) is 48.2 Å². The Balaban J connectivity index is 1.69. The zero-order chi connectivity index (χ0) is 21.7. The van der Waals surface area contributed by atoms with Crippen LogP contribution < -0.4 is 15.5 Å². The van der Waals surface area contributed by atoms with E-state index < -0.39 is 0 Å². The highest BCUT2D eigenvalue weighted by Crippen LogP contribution is 2.30. The van der Waals surface area contributed by atoms with Crippen LogP contribution in [0.25, 0.3) is 0 Å². The second-order valence-corrected chi connectivity index (χ2v) is 8.08. The fourth-order valence-corrected chi connectivity index (χ4v) is 3.83. The van der Waals surface area contributed by atoms with E-state index in [1.807, 2.05) is 17.9 Å². The molecule has 3 rings (SSSR count). The summed E-state index contributed by atoms with van der Waals surface area (Å²) in [7, 11) is 0. The summed E-state index contributed by atoms with van der Waals surface area (Å²) in [4.78, 5) is 28.4. The van der Waals surface area contributed by atoms with E-state index in [1.54, 1.807) is 36.4 Å². The third kappa shape index (κ3) is 5.62. The second-order valence-electron chi connectivity index (χ2n) is 6.80. The van der Waals surface area contributed by atoms with Crippen molar-refractivity contribution < 1.29 is 9.59 Å². The molecule has 0 bridgehead atoms. The summed E-state index contributed by atoms with van der Waals surface area (Å²) >= 11 is 17.5. The van der Waals surface area contributed by atoms with E-state index in [2.05, 4.69) is 15.5 Å². The largest absolute Gasteiger partial charge is 0.366 e. The number of carbonyl (C=O) groups is 2. The molecule has 2 aromatic rings. The van der Waals surface area contributed by atoms with Gasteiger partial charge in [-0.15, -0.1) is 0 Å². The summed E-state index contributed by atoms with van der Waals surface area (Å²) in [5, 5.41) is 6.90. The Labute approximate surface area is 191 Å². The first-order chi connectivity index (χ1) is 14.4. The Morgan fingerprint density at radius 1 is 1.03 bits per heavy atom. The number of piperazine rings is 1. The molecule has 0 aromatic heterocycles. The molecule has 2 aromatic carbocycles. The molecular formula is C21H22Cl2N4O2S. The SMILES string of the molecule is CCC(=O)N1CCN(c2ccc(Cl)cc2NC(=S)NC(=O)c2cccc(Cl)c2)CC1. The Bertz CT molecular complexity index is 962. The third-order valence-corrected chi connectivity index (χ3v) is 5.47. The maximum Gasteiger partial charge on any atom is 0.257 e. The van der Waals surface area contributed by atoms with Gasteiger partial charge in [-0.25, -0.2) is 0 Å². The number of halogens is 2. The fraction of sp³-hybridized carbons (Fsp3) is 0.286. The number of nitrogens with zero attached hydrogens (tertiary/aromatic N) is 2. The molecular weight excluding hydrogens is 443 g/mol. The molecule has 9 heteroatoms. The Kier molecular flexibility index (Phi) is 7.53. The van der Waals surface area contributed by atoms with E-state index in [0.717, 1.165) is 5.69 Å². The smallest absolute Gasteiger partial charge is 0.257 e. The topological polar surface area (TPSA) is 64.7 Å². The quantitative estimate of drug-likeness (QED) is 0.664. The van der Waals surface area contributed by atoms with Gasteiger partial charge in [-0.05, 0) is 48.6 Å². The number of rotatable bonds is 4. The number of thiocarbonyl (C=S) groups is 1. The Morgan fingerprint density at radius 3 is 2.40 bits per heavy atom. The lowest BCUT2D eigenvalue weighted by atomic mass is 10.2. The third-order valence-electron chi connectivity index (χ3n) is 4.80. The highest BCUT2D eigenvalue weighted by atomic mass is 35.5. The first-order valence-electron chi connectivity index (χ1n) is 9.57. The van der Waals surface area contributed by atoms with Gasteiger partial charge in [-0.1, -0.05) is 36.2 Å². The lowest BCUT2D eigenvalue weighted by Crippen LogP contribution is -2.48. The van der Waals surface area contributed by atoms with Gasteiger partial charge in [-0.2, -0.15) is 0 Å². The molecule has 2 amide bonds. The van der Waals surface area contributed by atoms with Crippen LogP contribution in [0.3, 0.4) is 0 Å². The van der Waals surface area contributed by atoms with Crippen molar-refractivity contribution in [1.82, 2.24) is 10.2 Å². The average Bonchev–Trinajstić information content (AvgIpc) is 2.73. The molecule has 1 fully saturated rings. The van der Waals surface area contributed by atoms with Crippen LogP contribution in [0, 0.1) is 0 Å². The van der Waals surface area contributed by atoms with Crippen molar-refractivity contribution in [2.24, 2.45) is 0 Å². The van der Waals surface area contributed by atoms with Crippen LogP contribution in [0.4, 0.5) is 11.4 Å². The number of benzene rings is 2. The summed E-state index contributed by atoms with van der Waals surface area (Å²) in [5.41, 5.74) is 2.01. The van der Waals surface area contributed by atoms with E-state index in [0.29, 0.717) is 53.9 Å². The summed E-state index contributed by atoms with van der Waals surface area (Å²) in [6.45, 7) is 4.58. The van der Waals surface area contributed by atoms with Crippen LogP contribution in [0.15, 0.2) is 42.5 Å². The van der Waals surface area contributed by atoms with Crippen molar-refractivity contribution >= 4 is 63.7 Å². The lowest BCUT2D eigenvalue weighted by Gasteiger charge is -2.37. The molecule has 0 atom stereocenters. The molecule has 0 aliphatic carbocycles. The highest BCUT2D eigenvalue weighted by molar-refractivity contribution is 7.80. The maximum atomic E-state index is 12.4. The number of nitrogens with one attached hydrogen (secondary N) is 2. The summed E-state index contributed by atoms with van der Waals surface area (Å²) < 4.78 is 0. The molecule has 1 aliphatic rings. The molecule has 1 aliphatic heterocycles. The Morgan fingerprint density at radius 2 is 1.73 bits per heavy atom. The zero-order valence-electron chi connectivity index (χ0n) is 16.5. The van der Waals surface area contributed by atoms with E-state index in [9.17, 15) is 9.59 Å². The maximum absolute atomic E-state index is 12.4. The van der Waals surface area contributed by atoms with E-state index in [-0.39, 0.29) is 16.9 Å². The van der Waals surface area contributed by atoms with Gasteiger partial charge in [-0.3, -0.25) is 14.9 Å². The van der Waals surface area contributed by atoms with Crippen molar-refractivity contribution in [2.75, 3.05) is 36.4 Å². The van der Waals surface area contributed by atoms with E-state index in [1.165, 1.54) is 0 Å². The van der Waals surface area contributed by atoms with Crippen LogP contribution in [0.5, 0.6) is 0 Å². The number of amides is 2. The fourth-order valence-electron chi connectivity index (χ4n) is 3.26. The van der Waals surface area contributed by atoms with Gasteiger partial charge < -0.3 is 15.1 Å². The van der Waals surface area contributed by atoms with Crippen molar-refractivity contribution in [2.45, 2.75) is 13.3 Å². The molecule has 6 nitrogen and oxygen atoms in total. The first kappa shape index (κ1) is 22.3. The van der Waals surface area contributed by atoms with Gasteiger partial charge in [0.25, 0.3) is 5.91 Å². The van der Waals surface area contributed by atoms with Gasteiger partial charge in [0.2, 0.25) is 5.91 Å². The minimum Gasteiger partial charge on any atom is -0.366 e. The second kappa shape index (κ2) is 10.1. The Hall–Kier alpha value is -2.35. The van der Waals surface area contributed by atoms with Crippen LogP contribution in [0.2, 0.25) is 10.0 Å². The minimum absolute atomic E-state index is 0.156. The summed E-state index contributed by atoms with van der Waals surface area (Å²) in [6, 6.07) is 12.1. The number of hydrogen-bond donors (Lipinski definition) is 2. The average molecular weight is 465 g/mol. The van der Waals surface area contributed by atoms with Crippen molar-refractivity contribution in [3.05, 3.63) is 58.1 Å². The van der Waals surface area contributed by atoms with Gasteiger partial charge in [0.15, 0.2) is 5.11 Å². The summed E-state index contributed by atoms with van der Waals surface area (Å²) in [5.74, 6) is -0.195. The first-order valence-corrected chi connectivity index (χ1v) is 10.7. The molecule has 0 radical (unpaired) electrons. The standard InChI is InChI=1S/C21H22Cl2N4O2S/c1-2-19(28)27-10-8-26(9-11-27)18-7-6-16(23)13-17(18)24-21(30)25-20(29)14-4-3-5-15(22)12-14/h3-7,12-13H,2,8-11H2,1H3,(H2,24,25,29,30). The molecule has 0 spiro atoms. The molecule has 2 N–H and O–H groups in total. The number of anilines is 2. The highest BCUT2D eigenvalue weighted by Gasteiger charge is 2.22. The number of hydrogen-bond acceptors (Lipinski definition) is 4. The molecule has 1 saturated heterocycles. The summed E-state index contributed by atoms with van der Waals surface area (Å²) in [6.07, 6.45) is 0.508. The van der Waals surface area contributed by atoms with Crippen LogP contribution >= 0.6 is 35.4 Å². The predicted octanol–water partition coefficient (Wildman–Crippen LogP) is 4.18. The van der Waals surface area contributed by atoms with Gasteiger partial charge in [0.05, 0.1) is 11.4 Å². The molecule has 158 valence electrons. The van der Waals surface area contributed by atoms with Crippen molar-refractivity contribution in [3.63, 3.8) is 0 Å². The lowest BCUT2D eigenvalue weighted by molar-refractivity contribution is -0.131. The zero-order valence-corrected chi connectivity index (χ0v) is 18.8. The number of carbonyl (C=O) groups excluding carboxylic acids is 2. The monoisotopic (exact) mass is 464 g/mol. The van der Waals surface area contributed by atoms with Gasteiger partial charge >= 0.3 is 0 Å². The van der Waals surface area contributed by atoms with E-state index in [4.69, 9.17) is 35.4 Å². The molecule has 30 heavy (non-hydrogen) atoms. The predicted molar refractivity (Wildman–Crippen MR) is 126 cm³/mol. The minimum atomic E-state index is -0.356. The normalized spacial score (nSPS) is 13.7. The van der Waals surface area contributed by atoms with Crippen molar-refractivity contribution in [3.8, 4) is 0 Å². The van der Waals surface area contributed by atoms with Crippen LogP contribution in [-0.2, 0) is 4.79 Å². The van der Waals surface area contributed by atoms with E-state index >= 15 is 0 Å².